The smallest absolute Gasteiger partial charge is 0.232 e. The summed E-state index contributed by atoms with van der Waals surface area (Å²) in [5, 5.41) is 5.00. The highest BCUT2D eigenvalue weighted by Crippen LogP contribution is 2.40. The van der Waals surface area contributed by atoms with Gasteiger partial charge in [-0.25, -0.2) is 0 Å². The molecule has 0 bridgehead atoms. The Hall–Kier alpha value is -1.93. The lowest BCUT2D eigenvalue weighted by molar-refractivity contribution is -0.159. The number of amides is 3. The van der Waals surface area contributed by atoms with Gasteiger partial charge in [0.05, 0.1) is 25.0 Å². The molecule has 0 aliphatic carbocycles. The molecule has 7 nitrogen and oxygen atoms in total. The predicted molar refractivity (Wildman–Crippen MR) is 100 cm³/mol. The van der Waals surface area contributed by atoms with Crippen LogP contribution in [-0.4, -0.2) is 73.0 Å². The second-order valence-electron chi connectivity index (χ2n) is 7.54. The van der Waals surface area contributed by atoms with Gasteiger partial charge < -0.3 is 19.9 Å². The zero-order chi connectivity index (χ0) is 18.9. The van der Waals surface area contributed by atoms with Gasteiger partial charge in [0.2, 0.25) is 17.7 Å². The van der Waals surface area contributed by atoms with Gasteiger partial charge in [0.15, 0.2) is 0 Å². The fourth-order valence-corrected chi connectivity index (χ4v) is 5.15. The Balaban J connectivity index is 1.55. The molecule has 146 valence electrons. The van der Waals surface area contributed by atoms with Gasteiger partial charge >= 0.3 is 0 Å². The second kappa shape index (κ2) is 7.59. The minimum Gasteiger partial charge on any atom is -0.378 e. The SMILES string of the molecule is O=C1CC[C@]2(C(=O)N3CCOCC3)CN(C(=O)Cc3cccs3)CC[C@H]2N1. The van der Waals surface area contributed by atoms with Crippen LogP contribution < -0.4 is 5.32 Å². The molecule has 3 aliphatic rings. The third-order valence-electron chi connectivity index (χ3n) is 5.94. The predicted octanol–water partition coefficient (Wildman–Crippen LogP) is 0.647. The summed E-state index contributed by atoms with van der Waals surface area (Å²) in [6, 6.07) is 3.71. The summed E-state index contributed by atoms with van der Waals surface area (Å²) >= 11 is 1.57. The Labute approximate surface area is 162 Å². The van der Waals surface area contributed by atoms with E-state index in [4.69, 9.17) is 4.74 Å². The van der Waals surface area contributed by atoms with Crippen LogP contribution in [0.2, 0.25) is 0 Å². The molecule has 2 atom stereocenters. The molecule has 1 aromatic rings. The first-order valence-corrected chi connectivity index (χ1v) is 10.4. The number of carbonyl (C=O) groups is 3. The van der Waals surface area contributed by atoms with E-state index in [0.717, 1.165) is 4.88 Å². The minimum absolute atomic E-state index is 0.00349. The molecule has 0 aromatic carbocycles. The number of piperidine rings is 2. The van der Waals surface area contributed by atoms with Crippen molar-refractivity contribution in [2.75, 3.05) is 39.4 Å². The van der Waals surface area contributed by atoms with Crippen molar-refractivity contribution in [1.82, 2.24) is 15.1 Å². The van der Waals surface area contributed by atoms with Crippen LogP contribution in [0.15, 0.2) is 17.5 Å². The maximum atomic E-state index is 13.5. The lowest BCUT2D eigenvalue weighted by Gasteiger charge is -2.51. The van der Waals surface area contributed by atoms with E-state index in [1.54, 1.807) is 11.3 Å². The number of ether oxygens (including phenoxy) is 1. The summed E-state index contributed by atoms with van der Waals surface area (Å²) in [4.78, 5) is 43.0. The van der Waals surface area contributed by atoms with Crippen molar-refractivity contribution < 1.29 is 19.1 Å². The van der Waals surface area contributed by atoms with Gasteiger partial charge in [-0.15, -0.1) is 11.3 Å². The van der Waals surface area contributed by atoms with Gasteiger partial charge in [0.1, 0.15) is 0 Å². The third kappa shape index (κ3) is 3.60. The number of carbonyl (C=O) groups excluding carboxylic acids is 3. The number of thiophene rings is 1. The summed E-state index contributed by atoms with van der Waals surface area (Å²) in [5.74, 6) is 0.121. The average Bonchev–Trinajstić information content (AvgIpc) is 3.20. The first-order chi connectivity index (χ1) is 13.1. The average molecular weight is 391 g/mol. The van der Waals surface area contributed by atoms with Crippen LogP contribution in [0, 0.1) is 5.41 Å². The highest BCUT2D eigenvalue weighted by atomic mass is 32.1. The molecule has 0 saturated carbocycles. The van der Waals surface area contributed by atoms with Crippen molar-refractivity contribution in [2.24, 2.45) is 5.41 Å². The number of hydrogen-bond acceptors (Lipinski definition) is 5. The molecule has 3 amide bonds. The summed E-state index contributed by atoms with van der Waals surface area (Å²) in [6.07, 6.45) is 1.83. The lowest BCUT2D eigenvalue weighted by Crippen LogP contribution is -2.68. The minimum atomic E-state index is -0.714. The maximum absolute atomic E-state index is 13.5. The van der Waals surface area contributed by atoms with Crippen molar-refractivity contribution in [3.63, 3.8) is 0 Å². The molecule has 4 rings (SSSR count). The molecule has 4 heterocycles. The number of morpholine rings is 1. The molecule has 8 heteroatoms. The Bertz CT molecular complexity index is 717. The highest BCUT2D eigenvalue weighted by Gasteiger charge is 2.54. The van der Waals surface area contributed by atoms with Crippen LogP contribution in [0.3, 0.4) is 0 Å². The van der Waals surface area contributed by atoms with Crippen LogP contribution in [0.5, 0.6) is 0 Å². The van der Waals surface area contributed by atoms with E-state index < -0.39 is 5.41 Å². The number of nitrogens with zero attached hydrogens (tertiary/aromatic N) is 2. The van der Waals surface area contributed by atoms with Gasteiger partial charge in [0, 0.05) is 43.5 Å². The molecule has 3 aliphatic heterocycles. The largest absolute Gasteiger partial charge is 0.378 e. The zero-order valence-corrected chi connectivity index (χ0v) is 16.1. The molecular weight excluding hydrogens is 366 g/mol. The quantitative estimate of drug-likeness (QED) is 0.821. The Morgan fingerprint density at radius 1 is 1.26 bits per heavy atom. The highest BCUT2D eigenvalue weighted by molar-refractivity contribution is 7.10. The third-order valence-corrected chi connectivity index (χ3v) is 6.82. The standard InChI is InChI=1S/C19H25N3O4S/c23-16-3-5-19(18(25)21-7-9-26-10-8-21)13-22(6-4-15(19)20-16)17(24)12-14-2-1-11-27-14/h1-2,11,15H,3-10,12-13H2,(H,20,23)/t15-,19+/m1/s1. The molecule has 27 heavy (non-hydrogen) atoms. The molecule has 1 aromatic heterocycles. The molecule has 0 radical (unpaired) electrons. The van der Waals surface area contributed by atoms with Crippen LogP contribution >= 0.6 is 11.3 Å². The normalized spacial score (nSPS) is 28.4. The van der Waals surface area contributed by atoms with Crippen LogP contribution in [0.4, 0.5) is 0 Å². The molecule has 1 N–H and O–H groups in total. The first-order valence-electron chi connectivity index (χ1n) is 9.55. The maximum Gasteiger partial charge on any atom is 0.232 e. The summed E-state index contributed by atoms with van der Waals surface area (Å²) < 4.78 is 5.38. The van der Waals surface area contributed by atoms with Crippen molar-refractivity contribution >= 4 is 29.1 Å². The topological polar surface area (TPSA) is 79.0 Å². The Morgan fingerprint density at radius 2 is 2.07 bits per heavy atom. The fraction of sp³-hybridized carbons (Fsp3) is 0.632. The Morgan fingerprint density at radius 3 is 2.81 bits per heavy atom. The second-order valence-corrected chi connectivity index (χ2v) is 8.57. The number of rotatable bonds is 3. The van der Waals surface area contributed by atoms with Crippen LogP contribution in [-0.2, 0) is 25.5 Å². The molecule has 0 unspecified atom stereocenters. The zero-order valence-electron chi connectivity index (χ0n) is 15.3. The van der Waals surface area contributed by atoms with Crippen LogP contribution in [0.1, 0.15) is 24.1 Å². The van der Waals surface area contributed by atoms with E-state index >= 15 is 0 Å². The molecule has 3 saturated heterocycles. The number of likely N-dealkylation sites (tertiary alicyclic amines) is 1. The number of nitrogens with one attached hydrogen (secondary N) is 1. The van der Waals surface area contributed by atoms with E-state index in [1.807, 2.05) is 27.3 Å². The Kier molecular flexibility index (Phi) is 5.19. The summed E-state index contributed by atoms with van der Waals surface area (Å²) in [5.41, 5.74) is -0.714. The van der Waals surface area contributed by atoms with Gasteiger partial charge in [-0.3, -0.25) is 14.4 Å². The number of fused-ring (bicyclic) bond motifs is 1. The summed E-state index contributed by atoms with van der Waals surface area (Å²) in [7, 11) is 0. The van der Waals surface area contributed by atoms with Gasteiger partial charge in [0.25, 0.3) is 0 Å². The van der Waals surface area contributed by atoms with Gasteiger partial charge in [-0.1, -0.05) is 6.07 Å². The molecule has 0 spiro atoms. The van der Waals surface area contributed by atoms with Gasteiger partial charge in [-0.05, 0) is 24.3 Å². The van der Waals surface area contributed by atoms with Crippen molar-refractivity contribution in [2.45, 2.75) is 31.7 Å². The van der Waals surface area contributed by atoms with Crippen molar-refractivity contribution in [1.29, 1.82) is 0 Å². The lowest BCUT2D eigenvalue weighted by atomic mass is 9.68. The fourth-order valence-electron chi connectivity index (χ4n) is 4.45. The first kappa shape index (κ1) is 18.4. The van der Waals surface area contributed by atoms with E-state index in [2.05, 4.69) is 5.32 Å². The number of hydrogen-bond donors (Lipinski definition) is 1. The van der Waals surface area contributed by atoms with Gasteiger partial charge in [-0.2, -0.15) is 0 Å². The monoisotopic (exact) mass is 391 g/mol. The summed E-state index contributed by atoms with van der Waals surface area (Å²) in [6.45, 7) is 3.19. The van der Waals surface area contributed by atoms with E-state index in [-0.39, 0.29) is 23.8 Å². The van der Waals surface area contributed by atoms with Crippen molar-refractivity contribution in [3.8, 4) is 0 Å². The van der Waals surface area contributed by atoms with E-state index in [0.29, 0.717) is 65.1 Å². The van der Waals surface area contributed by atoms with Crippen molar-refractivity contribution in [3.05, 3.63) is 22.4 Å². The van der Waals surface area contributed by atoms with E-state index in [9.17, 15) is 14.4 Å². The van der Waals surface area contributed by atoms with Crippen LogP contribution in [0.25, 0.3) is 0 Å². The van der Waals surface area contributed by atoms with E-state index in [1.165, 1.54) is 0 Å². The molecule has 3 fully saturated rings. The molecular formula is C19H25N3O4S.